The molecule has 9 heteroatoms. The predicted molar refractivity (Wildman–Crippen MR) is 87.1 cm³/mol. The molecule has 26 heavy (non-hydrogen) atoms. The first kappa shape index (κ1) is 23.1. The van der Waals surface area contributed by atoms with Crippen molar-refractivity contribution in [1.82, 2.24) is 0 Å². The Balaban J connectivity index is 3.16. The summed E-state index contributed by atoms with van der Waals surface area (Å²) < 4.78 is 112. The van der Waals surface area contributed by atoms with Gasteiger partial charge in [0.15, 0.2) is 0 Å². The summed E-state index contributed by atoms with van der Waals surface area (Å²) in [6.07, 6.45) is -0.936. The Kier molecular flexibility index (Phi) is 7.88. The summed E-state index contributed by atoms with van der Waals surface area (Å²) in [6, 6.07) is 1.53. The minimum Gasteiger partial charge on any atom is -0.207 e. The van der Waals surface area contributed by atoms with Gasteiger partial charge in [-0.05, 0) is 24.7 Å². The Morgan fingerprint density at radius 1 is 0.885 bits per heavy atom. The van der Waals surface area contributed by atoms with E-state index in [0.29, 0.717) is 25.0 Å². The molecule has 0 heterocycles. The highest BCUT2D eigenvalue weighted by molar-refractivity contribution is 7.66. The van der Waals surface area contributed by atoms with E-state index in [1.165, 1.54) is 0 Å². The first-order valence-electron chi connectivity index (χ1n) is 8.28. The maximum absolute atomic E-state index is 14.4. The molecule has 1 aromatic carbocycles. The van der Waals surface area contributed by atoms with Gasteiger partial charge in [-0.15, -0.1) is 0 Å². The lowest BCUT2D eigenvalue weighted by molar-refractivity contribution is -0.280. The Labute approximate surface area is 148 Å². The molecule has 0 bridgehead atoms. The second kappa shape index (κ2) is 8.85. The van der Waals surface area contributed by atoms with Crippen LogP contribution in [0.5, 0.6) is 0 Å². The van der Waals surface area contributed by atoms with Gasteiger partial charge in [0.1, 0.15) is 11.6 Å². The van der Waals surface area contributed by atoms with Crippen LogP contribution < -0.4 is 5.30 Å². The minimum atomic E-state index is -5.64. The molecule has 0 fully saturated rings. The summed E-state index contributed by atoms with van der Waals surface area (Å²) >= 11 is 0. The van der Waals surface area contributed by atoms with Crippen LogP contribution in [-0.2, 0) is 0 Å². The summed E-state index contributed by atoms with van der Waals surface area (Å²) in [7, 11) is -3.31. The summed E-state index contributed by atoms with van der Waals surface area (Å²) in [5.41, 5.74) is -5.15. The van der Waals surface area contributed by atoms with Crippen LogP contribution in [0.1, 0.15) is 46.0 Å². The zero-order valence-electron chi connectivity index (χ0n) is 14.4. The van der Waals surface area contributed by atoms with E-state index in [4.69, 9.17) is 0 Å². The van der Waals surface area contributed by atoms with Gasteiger partial charge in [0, 0.05) is 25.7 Å². The largest absolute Gasteiger partial charge is 0.376 e. The molecule has 0 aliphatic heterocycles. The fraction of sp³-hybridized carbons (Fsp3) is 0.647. The van der Waals surface area contributed by atoms with Crippen LogP contribution in [0.25, 0.3) is 0 Å². The van der Waals surface area contributed by atoms with E-state index in [0.717, 1.165) is 6.92 Å². The van der Waals surface area contributed by atoms with Crippen LogP contribution in [0.4, 0.5) is 35.1 Å². The molecule has 0 spiro atoms. The average molecular weight is 408 g/mol. The quantitative estimate of drug-likeness (QED) is 0.224. The average Bonchev–Trinajstić information content (AvgIpc) is 2.53. The molecule has 0 aliphatic rings. The zero-order chi connectivity index (χ0) is 20.2. The number of alkyl halides is 6. The van der Waals surface area contributed by atoms with Crippen molar-refractivity contribution in [1.29, 1.82) is 0 Å². The number of hydrogen-bond donors (Lipinski definition) is 0. The molecular formula is C17H21F8P. The number of halogens is 8. The van der Waals surface area contributed by atoms with Crippen LogP contribution in [0.3, 0.4) is 0 Å². The van der Waals surface area contributed by atoms with Crippen molar-refractivity contribution < 1.29 is 35.1 Å². The summed E-state index contributed by atoms with van der Waals surface area (Å²) in [5, 5.41) is -0.852. The first-order valence-corrected chi connectivity index (χ1v) is 9.81. The molecule has 0 saturated carbocycles. The lowest BCUT2D eigenvalue weighted by atomic mass is 10.0. The monoisotopic (exact) mass is 408 g/mol. The molecule has 0 aromatic heterocycles. The number of rotatable bonds is 10. The number of unbranched alkanes of at least 4 members (excludes halogenated alkanes) is 3. The van der Waals surface area contributed by atoms with Crippen molar-refractivity contribution in [2.45, 2.75) is 63.5 Å². The van der Waals surface area contributed by atoms with Crippen molar-refractivity contribution in [3.8, 4) is 0 Å². The third-order valence-electron chi connectivity index (χ3n) is 4.04. The van der Waals surface area contributed by atoms with Crippen LogP contribution in [-0.4, -0.2) is 23.7 Å². The van der Waals surface area contributed by atoms with E-state index in [-0.39, 0.29) is 18.9 Å². The lowest BCUT2D eigenvalue weighted by Crippen LogP contribution is -2.54. The highest BCUT2D eigenvalue weighted by atomic mass is 31.1. The first-order chi connectivity index (χ1) is 11.9. The van der Waals surface area contributed by atoms with Gasteiger partial charge >= 0.3 is 17.5 Å². The van der Waals surface area contributed by atoms with E-state index in [1.54, 1.807) is 6.92 Å². The van der Waals surface area contributed by atoms with Crippen molar-refractivity contribution in [3.63, 3.8) is 0 Å². The summed E-state index contributed by atoms with van der Waals surface area (Å²) in [5.74, 6) is -13.1. The molecule has 1 unspecified atom stereocenters. The van der Waals surface area contributed by atoms with E-state index < -0.39 is 55.0 Å². The van der Waals surface area contributed by atoms with Gasteiger partial charge < -0.3 is 0 Å². The van der Waals surface area contributed by atoms with Crippen molar-refractivity contribution >= 4 is 13.2 Å². The Morgan fingerprint density at radius 3 is 2.00 bits per heavy atom. The maximum Gasteiger partial charge on any atom is 0.376 e. The van der Waals surface area contributed by atoms with E-state index in [2.05, 4.69) is 0 Å². The topological polar surface area (TPSA) is 0 Å². The predicted octanol–water partition coefficient (Wildman–Crippen LogP) is 6.93. The fourth-order valence-electron chi connectivity index (χ4n) is 2.54. The van der Waals surface area contributed by atoms with Gasteiger partial charge in [-0.2, -0.15) is 26.3 Å². The van der Waals surface area contributed by atoms with Gasteiger partial charge in [-0.1, -0.05) is 33.1 Å². The second-order valence-corrected chi connectivity index (χ2v) is 8.50. The molecule has 0 N–H and O–H groups in total. The normalized spacial score (nSPS) is 14.5. The van der Waals surface area contributed by atoms with Crippen LogP contribution in [0.15, 0.2) is 18.2 Å². The van der Waals surface area contributed by atoms with Gasteiger partial charge in [-0.3, -0.25) is 0 Å². The second-order valence-electron chi connectivity index (χ2n) is 5.97. The Morgan fingerprint density at radius 2 is 1.50 bits per heavy atom. The highest BCUT2D eigenvalue weighted by Crippen LogP contribution is 2.63. The van der Waals surface area contributed by atoms with Crippen molar-refractivity contribution in [2.24, 2.45) is 0 Å². The molecule has 1 rings (SSSR count). The summed E-state index contributed by atoms with van der Waals surface area (Å²) in [6.45, 7) is 2.87. The van der Waals surface area contributed by atoms with E-state index >= 15 is 0 Å². The van der Waals surface area contributed by atoms with Crippen LogP contribution in [0.2, 0.25) is 0 Å². The summed E-state index contributed by atoms with van der Waals surface area (Å²) in [4.78, 5) is 0. The van der Waals surface area contributed by atoms with Gasteiger partial charge in [-0.25, -0.2) is 8.78 Å². The number of benzene rings is 1. The molecule has 0 aliphatic carbocycles. The smallest absolute Gasteiger partial charge is 0.207 e. The molecule has 1 atom stereocenters. The molecule has 150 valence electrons. The van der Waals surface area contributed by atoms with E-state index in [9.17, 15) is 35.1 Å². The molecular weight excluding hydrogens is 387 g/mol. The zero-order valence-corrected chi connectivity index (χ0v) is 15.3. The van der Waals surface area contributed by atoms with Gasteiger partial charge in [0.05, 0.1) is 0 Å². The van der Waals surface area contributed by atoms with Crippen molar-refractivity contribution in [2.75, 3.05) is 6.16 Å². The van der Waals surface area contributed by atoms with Crippen LogP contribution >= 0.6 is 7.92 Å². The SMILES string of the molecule is CCCCCCC(F)(F)C(F)(F)C(F)(F)P(CC)c1ccc(F)cc1F. The molecule has 1 aromatic rings. The van der Waals surface area contributed by atoms with Crippen LogP contribution in [0, 0.1) is 11.6 Å². The molecule has 0 radical (unpaired) electrons. The molecule has 0 nitrogen and oxygen atoms in total. The standard InChI is InChI=1S/C17H21F8P/c1-3-5-6-7-10-15(20,21)16(22,23)17(24,25)26(4-2)14-9-8-12(18)11-13(14)19/h8-9,11H,3-7,10H2,1-2H3. The fourth-order valence-corrected chi connectivity index (χ4v) is 4.66. The van der Waals surface area contributed by atoms with Gasteiger partial charge in [0.2, 0.25) is 0 Å². The Hall–Kier alpha value is -0.910. The van der Waals surface area contributed by atoms with E-state index in [1.807, 2.05) is 0 Å². The van der Waals surface area contributed by atoms with Crippen molar-refractivity contribution in [3.05, 3.63) is 29.8 Å². The molecule has 0 amide bonds. The third-order valence-corrected chi connectivity index (χ3v) is 6.57. The maximum atomic E-state index is 14.4. The highest BCUT2D eigenvalue weighted by Gasteiger charge is 2.73. The lowest BCUT2D eigenvalue weighted by Gasteiger charge is -2.37. The minimum absolute atomic E-state index is 0.225. The third kappa shape index (κ3) is 4.68. The van der Waals surface area contributed by atoms with Gasteiger partial charge in [0.25, 0.3) is 0 Å². The number of hydrogen-bond acceptors (Lipinski definition) is 0. The molecule has 0 saturated heterocycles. The Bertz CT molecular complexity index is 588.